The van der Waals surface area contributed by atoms with Crippen LogP contribution in [0.2, 0.25) is 0 Å². The second-order valence-electron chi connectivity index (χ2n) is 3.70. The molecule has 1 saturated carbocycles. The molecule has 3 N–H and O–H groups in total. The van der Waals surface area contributed by atoms with E-state index in [4.69, 9.17) is 5.73 Å². The number of nitrogens with two attached hydrogens (primary N) is 1. The highest BCUT2D eigenvalue weighted by atomic mass is 16.3. The van der Waals surface area contributed by atoms with Crippen LogP contribution in [0.25, 0.3) is 0 Å². The van der Waals surface area contributed by atoms with E-state index in [1.165, 1.54) is 19.3 Å². The van der Waals surface area contributed by atoms with Gasteiger partial charge in [0.1, 0.15) is 0 Å². The Morgan fingerprint density at radius 2 is 1.45 bits per heavy atom. The fourth-order valence-corrected chi connectivity index (χ4v) is 1.77. The Morgan fingerprint density at radius 3 is 1.91 bits per heavy atom. The maximum Gasteiger partial charge on any atom is 0.0769 e. The van der Waals surface area contributed by atoms with Crippen LogP contribution in [0.4, 0.5) is 0 Å². The molecule has 0 heterocycles. The van der Waals surface area contributed by atoms with Gasteiger partial charge in [-0.2, -0.15) is 0 Å². The summed E-state index contributed by atoms with van der Waals surface area (Å²) >= 11 is 0. The van der Waals surface area contributed by atoms with E-state index >= 15 is 0 Å². The molecule has 0 bridgehead atoms. The maximum absolute atomic E-state index is 9.86. The minimum Gasteiger partial charge on any atom is -0.389 e. The topological polar surface area (TPSA) is 46.2 Å². The summed E-state index contributed by atoms with van der Waals surface area (Å²) in [5, 5.41) is 9.86. The smallest absolute Gasteiger partial charge is 0.0769 e. The number of hydrogen-bond donors (Lipinski definition) is 2. The monoisotopic (exact) mass is 157 g/mol. The van der Waals surface area contributed by atoms with Crippen molar-refractivity contribution in [3.8, 4) is 0 Å². The Kier molecular flexibility index (Phi) is 3.34. The highest BCUT2D eigenvalue weighted by molar-refractivity contribution is 4.80. The van der Waals surface area contributed by atoms with Gasteiger partial charge in [-0.15, -0.1) is 0 Å². The van der Waals surface area contributed by atoms with Gasteiger partial charge in [-0.1, -0.05) is 32.1 Å². The van der Waals surface area contributed by atoms with Crippen molar-refractivity contribution in [1.29, 1.82) is 0 Å². The summed E-state index contributed by atoms with van der Waals surface area (Å²) in [5.74, 6) is 0. The highest BCUT2D eigenvalue weighted by Gasteiger charge is 2.24. The van der Waals surface area contributed by atoms with Crippen molar-refractivity contribution in [3.05, 3.63) is 0 Å². The zero-order valence-electron chi connectivity index (χ0n) is 7.18. The van der Waals surface area contributed by atoms with Crippen molar-refractivity contribution >= 4 is 0 Å². The third kappa shape index (κ3) is 2.80. The summed E-state index contributed by atoms with van der Waals surface area (Å²) in [7, 11) is 0. The van der Waals surface area contributed by atoms with E-state index in [2.05, 4.69) is 0 Å². The molecule has 0 radical (unpaired) electrons. The van der Waals surface area contributed by atoms with Gasteiger partial charge < -0.3 is 10.8 Å². The van der Waals surface area contributed by atoms with E-state index < -0.39 is 5.60 Å². The molecule has 0 aromatic rings. The highest BCUT2D eigenvalue weighted by Crippen LogP contribution is 2.24. The lowest BCUT2D eigenvalue weighted by Gasteiger charge is -2.28. The van der Waals surface area contributed by atoms with E-state index in [9.17, 15) is 5.11 Å². The van der Waals surface area contributed by atoms with Crippen LogP contribution in [0.5, 0.6) is 0 Å². The Labute approximate surface area is 68.8 Å². The first-order valence-electron chi connectivity index (χ1n) is 4.69. The second kappa shape index (κ2) is 4.07. The predicted octanol–water partition coefficient (Wildman–Crippen LogP) is 1.42. The lowest BCUT2D eigenvalue weighted by atomic mass is 9.87. The molecule has 2 heteroatoms. The standard InChI is InChI=1S/C9H19NO/c10-8-9(11)6-4-2-1-3-5-7-9/h11H,1-8,10H2. The van der Waals surface area contributed by atoms with Gasteiger partial charge in [0, 0.05) is 6.54 Å². The molecule has 1 fully saturated rings. The average molecular weight is 157 g/mol. The fraction of sp³-hybridized carbons (Fsp3) is 1.00. The first kappa shape index (κ1) is 9.01. The van der Waals surface area contributed by atoms with Crippen LogP contribution in [-0.4, -0.2) is 17.3 Å². The Balaban J connectivity index is 2.37. The van der Waals surface area contributed by atoms with Gasteiger partial charge >= 0.3 is 0 Å². The van der Waals surface area contributed by atoms with Gasteiger partial charge in [-0.25, -0.2) is 0 Å². The minimum absolute atomic E-state index is 0.438. The Hall–Kier alpha value is -0.0800. The first-order chi connectivity index (χ1) is 5.27. The zero-order valence-corrected chi connectivity index (χ0v) is 7.18. The van der Waals surface area contributed by atoms with Crippen LogP contribution in [-0.2, 0) is 0 Å². The van der Waals surface area contributed by atoms with E-state index in [0.717, 1.165) is 25.7 Å². The molecule has 66 valence electrons. The quantitative estimate of drug-likeness (QED) is 0.604. The van der Waals surface area contributed by atoms with Crippen molar-refractivity contribution in [1.82, 2.24) is 0 Å². The summed E-state index contributed by atoms with van der Waals surface area (Å²) in [4.78, 5) is 0. The molecule has 0 aromatic heterocycles. The van der Waals surface area contributed by atoms with Gasteiger partial charge in [0.15, 0.2) is 0 Å². The predicted molar refractivity (Wildman–Crippen MR) is 46.3 cm³/mol. The Morgan fingerprint density at radius 1 is 1.00 bits per heavy atom. The third-order valence-corrected chi connectivity index (χ3v) is 2.66. The Bertz CT molecular complexity index is 106. The van der Waals surface area contributed by atoms with Crippen LogP contribution in [0, 0.1) is 0 Å². The van der Waals surface area contributed by atoms with Gasteiger partial charge in [0.05, 0.1) is 5.60 Å². The molecule has 0 spiro atoms. The SMILES string of the molecule is NCC1(O)CCCCCCC1. The second-order valence-corrected chi connectivity index (χ2v) is 3.70. The molecule has 0 saturated heterocycles. The molecule has 11 heavy (non-hydrogen) atoms. The van der Waals surface area contributed by atoms with Crippen molar-refractivity contribution < 1.29 is 5.11 Å². The molecule has 1 aliphatic carbocycles. The molecule has 1 aliphatic rings. The molecule has 1 rings (SSSR count). The van der Waals surface area contributed by atoms with Gasteiger partial charge in [-0.05, 0) is 12.8 Å². The van der Waals surface area contributed by atoms with Crippen LogP contribution in [0.15, 0.2) is 0 Å². The number of rotatable bonds is 1. The summed E-state index contributed by atoms with van der Waals surface area (Å²) in [5.41, 5.74) is 4.98. The molecule has 0 amide bonds. The van der Waals surface area contributed by atoms with Crippen molar-refractivity contribution in [2.75, 3.05) is 6.54 Å². The van der Waals surface area contributed by atoms with E-state index in [1.54, 1.807) is 0 Å². The molecule has 0 aromatic carbocycles. The largest absolute Gasteiger partial charge is 0.389 e. The molecular formula is C9H19NO. The molecule has 2 nitrogen and oxygen atoms in total. The van der Waals surface area contributed by atoms with Crippen LogP contribution >= 0.6 is 0 Å². The fourth-order valence-electron chi connectivity index (χ4n) is 1.77. The normalized spacial score (nSPS) is 25.6. The van der Waals surface area contributed by atoms with Gasteiger partial charge in [-0.3, -0.25) is 0 Å². The van der Waals surface area contributed by atoms with Crippen molar-refractivity contribution in [2.45, 2.75) is 50.5 Å². The first-order valence-corrected chi connectivity index (χ1v) is 4.69. The number of hydrogen-bond acceptors (Lipinski definition) is 2. The molecule has 0 aliphatic heterocycles. The van der Waals surface area contributed by atoms with E-state index in [-0.39, 0.29) is 0 Å². The molecule has 0 atom stereocenters. The van der Waals surface area contributed by atoms with E-state index in [1.807, 2.05) is 0 Å². The maximum atomic E-state index is 9.86. The van der Waals surface area contributed by atoms with Crippen LogP contribution < -0.4 is 5.73 Å². The summed E-state index contributed by atoms with van der Waals surface area (Å²) < 4.78 is 0. The molecule has 0 unspecified atom stereocenters. The summed E-state index contributed by atoms with van der Waals surface area (Å²) in [6, 6.07) is 0. The summed E-state index contributed by atoms with van der Waals surface area (Å²) in [6.45, 7) is 0.438. The lowest BCUT2D eigenvalue weighted by molar-refractivity contribution is 0.0228. The minimum atomic E-state index is -0.527. The van der Waals surface area contributed by atoms with Crippen LogP contribution in [0.3, 0.4) is 0 Å². The van der Waals surface area contributed by atoms with Gasteiger partial charge in [0.25, 0.3) is 0 Å². The van der Waals surface area contributed by atoms with Gasteiger partial charge in [0.2, 0.25) is 0 Å². The van der Waals surface area contributed by atoms with E-state index in [0.29, 0.717) is 6.54 Å². The third-order valence-electron chi connectivity index (χ3n) is 2.66. The summed E-state index contributed by atoms with van der Waals surface area (Å²) in [6.07, 6.45) is 7.97. The van der Waals surface area contributed by atoms with Crippen molar-refractivity contribution in [2.24, 2.45) is 5.73 Å². The van der Waals surface area contributed by atoms with Crippen LogP contribution in [0.1, 0.15) is 44.9 Å². The lowest BCUT2D eigenvalue weighted by Crippen LogP contribution is -2.38. The zero-order chi connectivity index (χ0) is 8.16. The van der Waals surface area contributed by atoms with Crippen molar-refractivity contribution in [3.63, 3.8) is 0 Å². The number of aliphatic hydroxyl groups is 1. The molecular weight excluding hydrogens is 138 g/mol. The average Bonchev–Trinajstić information content (AvgIpc) is 1.98.